The van der Waals surface area contributed by atoms with E-state index in [2.05, 4.69) is 10.0 Å². The van der Waals surface area contributed by atoms with Gasteiger partial charge in [-0.25, -0.2) is 12.8 Å². The van der Waals surface area contributed by atoms with Gasteiger partial charge in [-0.3, -0.25) is 4.72 Å². The Hall–Kier alpha value is -1.92. The van der Waals surface area contributed by atoms with Crippen molar-refractivity contribution in [2.24, 2.45) is 0 Å². The van der Waals surface area contributed by atoms with Gasteiger partial charge in [0, 0.05) is 6.54 Å². The molecule has 2 N–H and O–H groups in total. The van der Waals surface area contributed by atoms with Gasteiger partial charge in [0.15, 0.2) is 0 Å². The maximum absolute atomic E-state index is 13.0. The second-order valence-electron chi connectivity index (χ2n) is 4.72. The molecule has 6 heteroatoms. The molecule has 0 aliphatic carbocycles. The molecule has 112 valence electrons. The number of nitrogens with one attached hydrogen (secondary N) is 2. The smallest absolute Gasteiger partial charge is 0.236 e. The van der Waals surface area contributed by atoms with Crippen LogP contribution in [0.2, 0.25) is 0 Å². The van der Waals surface area contributed by atoms with Crippen molar-refractivity contribution in [2.45, 2.75) is 12.3 Å². The van der Waals surface area contributed by atoms with Crippen LogP contribution < -0.4 is 10.0 Å². The number of benzene rings is 2. The molecule has 0 heterocycles. The van der Waals surface area contributed by atoms with Crippen LogP contribution in [0.3, 0.4) is 0 Å². The Balaban J connectivity index is 2.06. The first-order chi connectivity index (χ1) is 9.98. The maximum Gasteiger partial charge on any atom is 0.236 e. The van der Waals surface area contributed by atoms with E-state index >= 15 is 0 Å². The van der Waals surface area contributed by atoms with Crippen LogP contribution >= 0.6 is 0 Å². The average molecular weight is 308 g/mol. The van der Waals surface area contributed by atoms with Crippen molar-refractivity contribution in [3.8, 4) is 0 Å². The standard InChI is InChI=1S/C15H17FN2O2S/c1-17-10-12-5-7-13(8-6-12)11-21(19,20)18-15-4-2-3-14(16)9-15/h2-9,17-18H,10-11H2,1H3. The fraction of sp³-hybridized carbons (Fsp3) is 0.200. The fourth-order valence-electron chi connectivity index (χ4n) is 1.94. The zero-order chi connectivity index (χ0) is 15.3. The van der Waals surface area contributed by atoms with Crippen molar-refractivity contribution in [1.29, 1.82) is 0 Å². The van der Waals surface area contributed by atoms with Crippen LogP contribution in [0.25, 0.3) is 0 Å². The molecule has 0 bridgehead atoms. The molecule has 0 aliphatic heterocycles. The van der Waals surface area contributed by atoms with Crippen molar-refractivity contribution >= 4 is 15.7 Å². The first kappa shape index (κ1) is 15.5. The Kier molecular flexibility index (Phi) is 4.93. The van der Waals surface area contributed by atoms with Crippen molar-refractivity contribution < 1.29 is 12.8 Å². The van der Waals surface area contributed by atoms with E-state index in [0.29, 0.717) is 5.56 Å². The van der Waals surface area contributed by atoms with Crippen LogP contribution in [-0.2, 0) is 22.3 Å². The van der Waals surface area contributed by atoms with Crippen LogP contribution in [0.4, 0.5) is 10.1 Å². The van der Waals surface area contributed by atoms with Gasteiger partial charge in [-0.1, -0.05) is 30.3 Å². The Morgan fingerprint density at radius 1 is 1.05 bits per heavy atom. The normalized spacial score (nSPS) is 11.3. The topological polar surface area (TPSA) is 58.2 Å². The van der Waals surface area contributed by atoms with E-state index in [0.717, 1.165) is 18.2 Å². The average Bonchev–Trinajstić information content (AvgIpc) is 2.40. The number of anilines is 1. The number of rotatable bonds is 6. The summed E-state index contributed by atoms with van der Waals surface area (Å²) in [4.78, 5) is 0. The van der Waals surface area contributed by atoms with Gasteiger partial charge in [0.05, 0.1) is 11.4 Å². The minimum Gasteiger partial charge on any atom is -0.316 e. The summed E-state index contributed by atoms with van der Waals surface area (Å²) in [7, 11) is -1.71. The molecule has 0 saturated carbocycles. The van der Waals surface area contributed by atoms with Gasteiger partial charge in [-0.2, -0.15) is 0 Å². The van der Waals surface area contributed by atoms with Crippen LogP contribution in [0, 0.1) is 5.82 Å². The first-order valence-corrected chi connectivity index (χ1v) is 8.12. The summed E-state index contributed by atoms with van der Waals surface area (Å²) in [6, 6.07) is 12.7. The summed E-state index contributed by atoms with van der Waals surface area (Å²) >= 11 is 0. The van der Waals surface area contributed by atoms with Crippen LogP contribution in [0.1, 0.15) is 11.1 Å². The molecule has 0 aliphatic rings. The highest BCUT2D eigenvalue weighted by Gasteiger charge is 2.12. The fourth-order valence-corrected chi connectivity index (χ4v) is 3.13. The van der Waals surface area contributed by atoms with Gasteiger partial charge in [-0.05, 0) is 36.4 Å². The Labute approximate surface area is 124 Å². The van der Waals surface area contributed by atoms with Crippen LogP contribution in [0.5, 0.6) is 0 Å². The van der Waals surface area contributed by atoms with Gasteiger partial charge in [-0.15, -0.1) is 0 Å². The predicted molar refractivity (Wildman–Crippen MR) is 81.9 cm³/mol. The van der Waals surface area contributed by atoms with Gasteiger partial charge >= 0.3 is 0 Å². The molecule has 0 unspecified atom stereocenters. The molecule has 2 rings (SSSR count). The molecule has 0 aromatic heterocycles. The van der Waals surface area contributed by atoms with Gasteiger partial charge < -0.3 is 5.32 Å². The Bertz CT molecular complexity index is 700. The highest BCUT2D eigenvalue weighted by atomic mass is 32.2. The number of hydrogen-bond acceptors (Lipinski definition) is 3. The van der Waals surface area contributed by atoms with E-state index in [1.54, 1.807) is 12.1 Å². The molecule has 0 radical (unpaired) electrons. The summed E-state index contributed by atoms with van der Waals surface area (Å²) < 4.78 is 39.5. The van der Waals surface area contributed by atoms with Crippen molar-refractivity contribution in [3.05, 3.63) is 65.5 Å². The number of sulfonamides is 1. The second kappa shape index (κ2) is 6.69. The Morgan fingerprint density at radius 3 is 2.33 bits per heavy atom. The molecule has 4 nitrogen and oxygen atoms in total. The zero-order valence-corrected chi connectivity index (χ0v) is 12.5. The molecule has 0 amide bonds. The summed E-state index contributed by atoms with van der Waals surface area (Å²) in [5.74, 6) is -0.629. The molecule has 0 fully saturated rings. The van der Waals surface area contributed by atoms with Gasteiger partial charge in [0.2, 0.25) is 10.0 Å². The zero-order valence-electron chi connectivity index (χ0n) is 11.6. The summed E-state index contributed by atoms with van der Waals surface area (Å²) in [6.07, 6.45) is 0. The lowest BCUT2D eigenvalue weighted by Gasteiger charge is -2.09. The Morgan fingerprint density at radius 2 is 1.71 bits per heavy atom. The van der Waals surface area contributed by atoms with E-state index in [9.17, 15) is 12.8 Å². The van der Waals surface area contributed by atoms with E-state index in [1.807, 2.05) is 19.2 Å². The summed E-state index contributed by atoms with van der Waals surface area (Å²) in [5.41, 5.74) is 1.98. The van der Waals surface area contributed by atoms with E-state index < -0.39 is 15.8 Å². The van der Waals surface area contributed by atoms with Crippen molar-refractivity contribution in [1.82, 2.24) is 5.32 Å². The molecule has 0 spiro atoms. The van der Waals surface area contributed by atoms with Gasteiger partial charge in [0.25, 0.3) is 0 Å². The van der Waals surface area contributed by atoms with E-state index in [4.69, 9.17) is 0 Å². The highest BCUT2D eigenvalue weighted by Crippen LogP contribution is 2.14. The third kappa shape index (κ3) is 4.84. The van der Waals surface area contributed by atoms with Crippen molar-refractivity contribution in [2.75, 3.05) is 11.8 Å². The van der Waals surface area contributed by atoms with Crippen LogP contribution in [0.15, 0.2) is 48.5 Å². The largest absolute Gasteiger partial charge is 0.316 e. The van der Waals surface area contributed by atoms with E-state index in [-0.39, 0.29) is 11.4 Å². The molecular weight excluding hydrogens is 291 g/mol. The number of halogens is 1. The van der Waals surface area contributed by atoms with Crippen molar-refractivity contribution in [3.63, 3.8) is 0 Å². The molecule has 0 saturated heterocycles. The second-order valence-corrected chi connectivity index (χ2v) is 6.44. The lowest BCUT2D eigenvalue weighted by Crippen LogP contribution is -2.15. The first-order valence-electron chi connectivity index (χ1n) is 6.47. The van der Waals surface area contributed by atoms with E-state index in [1.165, 1.54) is 18.2 Å². The molecule has 0 atom stereocenters. The monoisotopic (exact) mass is 308 g/mol. The predicted octanol–water partition coefficient (Wildman–Crippen LogP) is 2.49. The third-order valence-corrected chi connectivity index (χ3v) is 4.12. The molecule has 21 heavy (non-hydrogen) atoms. The van der Waals surface area contributed by atoms with Gasteiger partial charge in [0.1, 0.15) is 5.82 Å². The SMILES string of the molecule is CNCc1ccc(CS(=O)(=O)Nc2cccc(F)c2)cc1. The quantitative estimate of drug-likeness (QED) is 0.862. The minimum atomic E-state index is -3.56. The minimum absolute atomic E-state index is 0.149. The summed E-state index contributed by atoms with van der Waals surface area (Å²) in [5, 5.41) is 3.02. The lowest BCUT2D eigenvalue weighted by atomic mass is 10.1. The highest BCUT2D eigenvalue weighted by molar-refractivity contribution is 7.91. The van der Waals surface area contributed by atoms with Crippen LogP contribution in [-0.4, -0.2) is 15.5 Å². The maximum atomic E-state index is 13.0. The molecular formula is C15H17FN2O2S. The molecule has 2 aromatic rings. The lowest BCUT2D eigenvalue weighted by molar-refractivity contribution is 0.600. The summed E-state index contributed by atoms with van der Waals surface area (Å²) in [6.45, 7) is 0.731. The third-order valence-electron chi connectivity index (χ3n) is 2.86. The molecule has 2 aromatic carbocycles. The number of hydrogen-bond donors (Lipinski definition) is 2.